The van der Waals surface area contributed by atoms with Gasteiger partial charge in [-0.05, 0) is 57.8 Å². The van der Waals surface area contributed by atoms with Crippen LogP contribution >= 0.6 is 12.4 Å². The standard InChI is InChI=1S/C20H35N3O2.ClH/c1-3-5-14(2)21-20(25)16-6-4-9-23(13-16)19(24)12-15-10-17-7-8-18(11-15)22-17;/h14-18,22H,3-13H2,1-2H3,(H,21,25);1H. The molecule has 2 bridgehead atoms. The van der Waals surface area contributed by atoms with E-state index in [1.165, 1.54) is 12.8 Å². The predicted octanol–water partition coefficient (Wildman–Crippen LogP) is 2.87. The Labute approximate surface area is 164 Å². The molecule has 0 aromatic heterocycles. The highest BCUT2D eigenvalue weighted by atomic mass is 35.5. The number of nitrogens with zero attached hydrogens (tertiary/aromatic N) is 1. The third-order valence-electron chi connectivity index (χ3n) is 6.29. The van der Waals surface area contributed by atoms with Gasteiger partial charge in [0.25, 0.3) is 0 Å². The first kappa shape index (κ1) is 21.5. The van der Waals surface area contributed by atoms with Gasteiger partial charge in [-0.3, -0.25) is 9.59 Å². The zero-order valence-electron chi connectivity index (χ0n) is 16.3. The average molecular weight is 386 g/mol. The molecule has 0 spiro atoms. The second-order valence-corrected chi connectivity index (χ2v) is 8.56. The van der Waals surface area contributed by atoms with Gasteiger partial charge in [-0.2, -0.15) is 0 Å². The first-order valence-electron chi connectivity index (χ1n) is 10.4. The summed E-state index contributed by atoms with van der Waals surface area (Å²) < 4.78 is 0. The third kappa shape index (κ3) is 5.59. The van der Waals surface area contributed by atoms with Crippen LogP contribution in [0.25, 0.3) is 0 Å². The van der Waals surface area contributed by atoms with E-state index in [0.29, 0.717) is 31.0 Å². The van der Waals surface area contributed by atoms with Gasteiger partial charge in [0.05, 0.1) is 5.92 Å². The first-order valence-corrected chi connectivity index (χ1v) is 10.4. The van der Waals surface area contributed by atoms with E-state index in [4.69, 9.17) is 0 Å². The number of hydrogen-bond acceptors (Lipinski definition) is 3. The maximum absolute atomic E-state index is 12.8. The van der Waals surface area contributed by atoms with Crippen LogP contribution in [0.5, 0.6) is 0 Å². The quantitative estimate of drug-likeness (QED) is 0.739. The summed E-state index contributed by atoms with van der Waals surface area (Å²) in [6.45, 7) is 5.64. The second kappa shape index (κ2) is 9.93. The normalized spacial score (nSPS) is 31.8. The van der Waals surface area contributed by atoms with Crippen LogP contribution in [0.15, 0.2) is 0 Å². The average Bonchev–Trinajstić information content (AvgIpc) is 2.93. The summed E-state index contributed by atoms with van der Waals surface area (Å²) in [6, 6.07) is 1.50. The van der Waals surface area contributed by atoms with Gasteiger partial charge in [-0.15, -0.1) is 12.4 Å². The Kier molecular flexibility index (Phi) is 8.21. The zero-order valence-corrected chi connectivity index (χ0v) is 17.2. The molecule has 3 rings (SSSR count). The van der Waals surface area contributed by atoms with Crippen molar-refractivity contribution in [3.8, 4) is 0 Å². The number of halogens is 1. The van der Waals surface area contributed by atoms with Crippen molar-refractivity contribution in [2.24, 2.45) is 11.8 Å². The van der Waals surface area contributed by atoms with E-state index in [2.05, 4.69) is 24.5 Å². The van der Waals surface area contributed by atoms with Crippen LogP contribution in [0, 0.1) is 11.8 Å². The summed E-state index contributed by atoms with van der Waals surface area (Å²) >= 11 is 0. The fourth-order valence-electron chi connectivity index (χ4n) is 5.00. The monoisotopic (exact) mass is 385 g/mol. The molecule has 3 fully saturated rings. The fraction of sp³-hybridized carbons (Fsp3) is 0.900. The van der Waals surface area contributed by atoms with Crippen molar-refractivity contribution in [3.63, 3.8) is 0 Å². The Morgan fingerprint density at radius 3 is 2.54 bits per heavy atom. The van der Waals surface area contributed by atoms with Crippen molar-refractivity contribution in [3.05, 3.63) is 0 Å². The number of carbonyl (C=O) groups excluding carboxylic acids is 2. The van der Waals surface area contributed by atoms with Crippen LogP contribution in [0.3, 0.4) is 0 Å². The molecule has 2 N–H and O–H groups in total. The Bertz CT molecular complexity index is 476. The van der Waals surface area contributed by atoms with Gasteiger partial charge in [-0.25, -0.2) is 0 Å². The molecule has 0 aromatic carbocycles. The molecule has 3 aliphatic rings. The molecule has 0 aliphatic carbocycles. The van der Waals surface area contributed by atoms with Crippen molar-refractivity contribution < 1.29 is 9.59 Å². The second-order valence-electron chi connectivity index (χ2n) is 8.56. The van der Waals surface area contributed by atoms with Crippen molar-refractivity contribution in [1.82, 2.24) is 15.5 Å². The molecule has 0 aromatic rings. The van der Waals surface area contributed by atoms with E-state index in [9.17, 15) is 9.59 Å². The van der Waals surface area contributed by atoms with Crippen molar-refractivity contribution in [2.75, 3.05) is 13.1 Å². The molecule has 0 saturated carbocycles. The largest absolute Gasteiger partial charge is 0.353 e. The summed E-state index contributed by atoms with van der Waals surface area (Å²) in [6.07, 6.45) is 9.47. The lowest BCUT2D eigenvalue weighted by atomic mass is 9.88. The van der Waals surface area contributed by atoms with Crippen LogP contribution in [0.4, 0.5) is 0 Å². The molecule has 4 atom stereocenters. The minimum absolute atomic E-state index is 0. The lowest BCUT2D eigenvalue weighted by Crippen LogP contribution is -2.48. The van der Waals surface area contributed by atoms with Crippen LogP contribution in [-0.2, 0) is 9.59 Å². The summed E-state index contributed by atoms with van der Waals surface area (Å²) in [5, 5.41) is 6.77. The van der Waals surface area contributed by atoms with E-state index < -0.39 is 0 Å². The predicted molar refractivity (Wildman–Crippen MR) is 106 cm³/mol. The van der Waals surface area contributed by atoms with Gasteiger partial charge >= 0.3 is 0 Å². The SMILES string of the molecule is CCCC(C)NC(=O)C1CCCN(C(=O)CC2CC3CCC(C2)N3)C1.Cl. The molecule has 3 aliphatic heterocycles. The number of rotatable bonds is 6. The topological polar surface area (TPSA) is 61.4 Å². The molecule has 150 valence electrons. The third-order valence-corrected chi connectivity index (χ3v) is 6.29. The minimum atomic E-state index is -0.0267. The summed E-state index contributed by atoms with van der Waals surface area (Å²) in [7, 11) is 0. The minimum Gasteiger partial charge on any atom is -0.353 e. The van der Waals surface area contributed by atoms with Crippen molar-refractivity contribution >= 4 is 24.2 Å². The molecular weight excluding hydrogens is 350 g/mol. The molecule has 26 heavy (non-hydrogen) atoms. The molecule has 0 radical (unpaired) electrons. The number of piperidine rings is 2. The molecule has 3 heterocycles. The van der Waals surface area contributed by atoms with Gasteiger partial charge in [0.15, 0.2) is 0 Å². The van der Waals surface area contributed by atoms with Crippen molar-refractivity contribution in [1.29, 1.82) is 0 Å². The molecule has 3 saturated heterocycles. The number of carbonyl (C=O) groups is 2. The van der Waals surface area contributed by atoms with E-state index in [1.54, 1.807) is 0 Å². The summed E-state index contributed by atoms with van der Waals surface area (Å²) in [4.78, 5) is 27.2. The van der Waals surface area contributed by atoms with Crippen LogP contribution in [0.2, 0.25) is 0 Å². The van der Waals surface area contributed by atoms with Gasteiger partial charge in [0, 0.05) is 37.6 Å². The smallest absolute Gasteiger partial charge is 0.225 e. The summed E-state index contributed by atoms with van der Waals surface area (Å²) in [5.41, 5.74) is 0. The Morgan fingerprint density at radius 1 is 1.19 bits per heavy atom. The molecular formula is C20H36ClN3O2. The molecule has 6 heteroatoms. The molecule has 2 amide bonds. The maximum atomic E-state index is 12.8. The molecule has 4 unspecified atom stereocenters. The maximum Gasteiger partial charge on any atom is 0.225 e. The van der Waals surface area contributed by atoms with Gasteiger partial charge in [0.1, 0.15) is 0 Å². The number of nitrogens with one attached hydrogen (secondary N) is 2. The van der Waals surface area contributed by atoms with E-state index in [0.717, 1.165) is 45.1 Å². The van der Waals surface area contributed by atoms with E-state index >= 15 is 0 Å². The van der Waals surface area contributed by atoms with Crippen LogP contribution < -0.4 is 10.6 Å². The van der Waals surface area contributed by atoms with Gasteiger partial charge < -0.3 is 15.5 Å². The lowest BCUT2D eigenvalue weighted by Gasteiger charge is -2.35. The highest BCUT2D eigenvalue weighted by molar-refractivity contribution is 5.85. The number of hydrogen-bond donors (Lipinski definition) is 2. The Morgan fingerprint density at radius 2 is 1.88 bits per heavy atom. The Balaban J connectivity index is 0.00000243. The van der Waals surface area contributed by atoms with E-state index in [-0.39, 0.29) is 36.2 Å². The fourth-order valence-corrected chi connectivity index (χ4v) is 5.00. The summed E-state index contributed by atoms with van der Waals surface area (Å²) in [5.74, 6) is 0.912. The van der Waals surface area contributed by atoms with Crippen LogP contribution in [0.1, 0.15) is 71.6 Å². The van der Waals surface area contributed by atoms with Crippen molar-refractivity contribution in [2.45, 2.75) is 89.8 Å². The molecule has 5 nitrogen and oxygen atoms in total. The zero-order chi connectivity index (χ0) is 17.8. The van der Waals surface area contributed by atoms with E-state index in [1.807, 2.05) is 4.90 Å². The highest BCUT2D eigenvalue weighted by Crippen LogP contribution is 2.33. The number of likely N-dealkylation sites (tertiary alicyclic amines) is 1. The lowest BCUT2D eigenvalue weighted by molar-refractivity contribution is -0.136. The van der Waals surface area contributed by atoms with Gasteiger partial charge in [-0.1, -0.05) is 13.3 Å². The number of amides is 2. The van der Waals surface area contributed by atoms with Gasteiger partial charge in [0.2, 0.25) is 11.8 Å². The Hall–Kier alpha value is -0.810. The van der Waals surface area contributed by atoms with Crippen LogP contribution in [-0.4, -0.2) is 47.9 Å². The number of fused-ring (bicyclic) bond motifs is 2. The first-order chi connectivity index (χ1) is 12.0. The highest BCUT2D eigenvalue weighted by Gasteiger charge is 2.36.